The molecule has 2 rings (SSSR count). The van der Waals surface area contributed by atoms with Crippen LogP contribution in [0.1, 0.15) is 11.5 Å². The molecule has 6 nitrogen and oxygen atoms in total. The Labute approximate surface area is 111 Å². The summed E-state index contributed by atoms with van der Waals surface area (Å²) in [6, 6.07) is 7.85. The van der Waals surface area contributed by atoms with E-state index in [9.17, 15) is 0 Å². The largest absolute Gasteiger partial charge is 0.370 e. The van der Waals surface area contributed by atoms with Crippen LogP contribution in [0.4, 0.5) is 11.6 Å². The molecule has 0 aliphatic carbocycles. The monoisotopic (exact) mass is 256 g/mol. The van der Waals surface area contributed by atoms with Gasteiger partial charge in [-0.25, -0.2) is 9.97 Å². The number of nitrogens with one attached hydrogen (secondary N) is 3. The van der Waals surface area contributed by atoms with Gasteiger partial charge in [-0.2, -0.15) is 5.26 Å². The Morgan fingerprint density at radius 1 is 1.32 bits per heavy atom. The molecule has 2 aromatic rings. The van der Waals surface area contributed by atoms with Crippen LogP contribution in [0.2, 0.25) is 0 Å². The predicted octanol–water partition coefficient (Wildman–Crippen LogP) is 1.70. The van der Waals surface area contributed by atoms with Gasteiger partial charge in [0.15, 0.2) is 0 Å². The molecule has 0 spiro atoms. The Morgan fingerprint density at radius 2 is 2.11 bits per heavy atom. The number of hydrogen-bond acceptors (Lipinski definition) is 5. The zero-order chi connectivity index (χ0) is 13.5. The minimum absolute atomic E-state index is 0.234. The summed E-state index contributed by atoms with van der Waals surface area (Å²) in [5, 5.41) is 14.7. The first-order valence-electron chi connectivity index (χ1n) is 6.10. The molecule has 0 aromatic carbocycles. The van der Waals surface area contributed by atoms with Gasteiger partial charge in [-0.1, -0.05) is 0 Å². The fourth-order valence-corrected chi connectivity index (χ4v) is 1.73. The van der Waals surface area contributed by atoms with Gasteiger partial charge in [-0.15, -0.1) is 0 Å². The van der Waals surface area contributed by atoms with Crippen molar-refractivity contribution in [3.8, 4) is 6.07 Å². The summed E-state index contributed by atoms with van der Waals surface area (Å²) in [7, 11) is 0. The molecule has 2 aromatic heterocycles. The molecule has 3 N–H and O–H groups in total. The first kappa shape index (κ1) is 12.9. The molecule has 0 fully saturated rings. The van der Waals surface area contributed by atoms with Crippen LogP contribution in [0, 0.1) is 18.3 Å². The van der Waals surface area contributed by atoms with Gasteiger partial charge in [-0.3, -0.25) is 0 Å². The van der Waals surface area contributed by atoms with Crippen molar-refractivity contribution in [2.75, 3.05) is 23.7 Å². The summed E-state index contributed by atoms with van der Waals surface area (Å²) >= 11 is 0. The molecule has 98 valence electrons. The van der Waals surface area contributed by atoms with Gasteiger partial charge >= 0.3 is 0 Å². The Balaban J connectivity index is 1.92. The summed E-state index contributed by atoms with van der Waals surface area (Å²) < 4.78 is 0. The average molecular weight is 256 g/mol. The van der Waals surface area contributed by atoms with E-state index in [-0.39, 0.29) is 6.54 Å². The summed E-state index contributed by atoms with van der Waals surface area (Å²) in [4.78, 5) is 11.7. The Kier molecular flexibility index (Phi) is 4.34. The van der Waals surface area contributed by atoms with Crippen LogP contribution in [0.5, 0.6) is 0 Å². The molecule has 0 atom stereocenters. The number of aryl methyl sites for hydroxylation is 1. The van der Waals surface area contributed by atoms with Crippen LogP contribution in [-0.2, 0) is 6.42 Å². The minimum Gasteiger partial charge on any atom is -0.370 e. The van der Waals surface area contributed by atoms with E-state index in [1.165, 1.54) is 5.69 Å². The fourth-order valence-electron chi connectivity index (χ4n) is 1.73. The van der Waals surface area contributed by atoms with Crippen molar-refractivity contribution in [3.05, 3.63) is 35.9 Å². The van der Waals surface area contributed by atoms with Crippen LogP contribution >= 0.6 is 0 Å². The number of aromatic nitrogens is 3. The van der Waals surface area contributed by atoms with E-state index in [2.05, 4.69) is 25.6 Å². The standard InChI is InChI=1S/C13H16N6/c1-10-18-12(9-13(19-10)17-8-5-14)16-7-4-11-3-2-6-15-11/h2-3,6,9,15H,4,7-8H2,1H3,(H2,16,17,18,19). The number of H-pyrrole nitrogens is 1. The molecule has 0 saturated carbocycles. The highest BCUT2D eigenvalue weighted by molar-refractivity contribution is 5.47. The van der Waals surface area contributed by atoms with Crippen LogP contribution in [0.15, 0.2) is 24.4 Å². The zero-order valence-electron chi connectivity index (χ0n) is 10.8. The smallest absolute Gasteiger partial charge is 0.132 e. The molecule has 0 aliphatic rings. The molecule has 0 amide bonds. The minimum atomic E-state index is 0.234. The first-order chi connectivity index (χ1) is 9.28. The summed E-state index contributed by atoms with van der Waals surface area (Å²) in [5.74, 6) is 2.10. The quantitative estimate of drug-likeness (QED) is 0.684. The van der Waals surface area contributed by atoms with Crippen molar-refractivity contribution in [2.24, 2.45) is 0 Å². The van der Waals surface area contributed by atoms with Gasteiger partial charge in [0.25, 0.3) is 0 Å². The van der Waals surface area contributed by atoms with Crippen molar-refractivity contribution in [1.82, 2.24) is 15.0 Å². The maximum atomic E-state index is 8.54. The van der Waals surface area contributed by atoms with E-state index in [1.807, 2.05) is 31.3 Å². The average Bonchev–Trinajstić information content (AvgIpc) is 2.89. The molecule has 19 heavy (non-hydrogen) atoms. The van der Waals surface area contributed by atoms with Gasteiger partial charge in [0.05, 0.1) is 6.07 Å². The lowest BCUT2D eigenvalue weighted by atomic mass is 10.3. The van der Waals surface area contributed by atoms with Crippen molar-refractivity contribution in [1.29, 1.82) is 5.26 Å². The number of nitriles is 1. The number of hydrogen-bond donors (Lipinski definition) is 3. The molecule has 0 saturated heterocycles. The molecule has 0 unspecified atom stereocenters. The molecule has 0 aliphatic heterocycles. The Morgan fingerprint density at radius 3 is 2.79 bits per heavy atom. The van der Waals surface area contributed by atoms with Crippen molar-refractivity contribution in [3.63, 3.8) is 0 Å². The lowest BCUT2D eigenvalue weighted by molar-refractivity contribution is 0.954. The predicted molar refractivity (Wildman–Crippen MR) is 73.9 cm³/mol. The van der Waals surface area contributed by atoms with E-state index in [0.29, 0.717) is 11.6 Å². The highest BCUT2D eigenvalue weighted by Gasteiger charge is 2.01. The third-order valence-corrected chi connectivity index (χ3v) is 2.55. The van der Waals surface area contributed by atoms with E-state index in [0.717, 1.165) is 18.8 Å². The van der Waals surface area contributed by atoms with Gasteiger partial charge in [-0.05, 0) is 19.1 Å². The Hall–Kier alpha value is -2.55. The van der Waals surface area contributed by atoms with Gasteiger partial charge in [0, 0.05) is 30.9 Å². The SMILES string of the molecule is Cc1nc(NCC#N)cc(NCCc2ccc[nH]2)n1. The highest BCUT2D eigenvalue weighted by Crippen LogP contribution is 2.10. The van der Waals surface area contributed by atoms with Crippen LogP contribution in [-0.4, -0.2) is 28.0 Å². The normalized spacial score (nSPS) is 9.89. The lowest BCUT2D eigenvalue weighted by Gasteiger charge is -2.08. The van der Waals surface area contributed by atoms with Crippen molar-refractivity contribution < 1.29 is 0 Å². The molecule has 6 heteroatoms. The maximum Gasteiger partial charge on any atom is 0.132 e. The van der Waals surface area contributed by atoms with Gasteiger partial charge in [0.2, 0.25) is 0 Å². The number of aromatic amines is 1. The lowest BCUT2D eigenvalue weighted by Crippen LogP contribution is -2.09. The Bertz CT molecular complexity index is 555. The van der Waals surface area contributed by atoms with E-state index in [4.69, 9.17) is 5.26 Å². The third kappa shape index (κ3) is 4.00. The van der Waals surface area contributed by atoms with E-state index >= 15 is 0 Å². The topological polar surface area (TPSA) is 89.4 Å². The number of rotatable bonds is 6. The third-order valence-electron chi connectivity index (χ3n) is 2.55. The fraction of sp³-hybridized carbons (Fsp3) is 0.308. The zero-order valence-corrected chi connectivity index (χ0v) is 10.8. The van der Waals surface area contributed by atoms with E-state index < -0.39 is 0 Å². The molecule has 2 heterocycles. The molecular formula is C13H16N6. The molecule has 0 radical (unpaired) electrons. The second-order valence-corrected chi connectivity index (χ2v) is 4.07. The van der Waals surface area contributed by atoms with Gasteiger partial charge < -0.3 is 15.6 Å². The number of anilines is 2. The van der Waals surface area contributed by atoms with Crippen molar-refractivity contribution in [2.45, 2.75) is 13.3 Å². The van der Waals surface area contributed by atoms with Gasteiger partial charge in [0.1, 0.15) is 24.0 Å². The first-order valence-corrected chi connectivity index (χ1v) is 6.10. The maximum absolute atomic E-state index is 8.54. The van der Waals surface area contributed by atoms with E-state index in [1.54, 1.807) is 6.07 Å². The van der Waals surface area contributed by atoms with Crippen molar-refractivity contribution >= 4 is 11.6 Å². The summed E-state index contributed by atoms with van der Waals surface area (Å²) in [6.07, 6.45) is 2.81. The van der Waals surface area contributed by atoms with Crippen LogP contribution in [0.3, 0.4) is 0 Å². The second-order valence-electron chi connectivity index (χ2n) is 4.07. The second kappa shape index (κ2) is 6.40. The summed E-state index contributed by atoms with van der Waals surface area (Å²) in [6.45, 7) is 2.85. The number of nitrogens with zero attached hydrogens (tertiary/aromatic N) is 3. The molecule has 0 bridgehead atoms. The van der Waals surface area contributed by atoms with Crippen LogP contribution in [0.25, 0.3) is 0 Å². The molecular weight excluding hydrogens is 240 g/mol. The summed E-state index contributed by atoms with van der Waals surface area (Å²) in [5.41, 5.74) is 1.18. The highest BCUT2D eigenvalue weighted by atomic mass is 15.1. The van der Waals surface area contributed by atoms with Crippen LogP contribution < -0.4 is 10.6 Å².